The van der Waals surface area contributed by atoms with Gasteiger partial charge in [0.15, 0.2) is 11.2 Å². The van der Waals surface area contributed by atoms with Crippen LogP contribution in [-0.2, 0) is 4.79 Å². The van der Waals surface area contributed by atoms with Gasteiger partial charge in [0, 0.05) is 10.7 Å². The van der Waals surface area contributed by atoms with E-state index in [1.807, 2.05) is 12.1 Å². The molecule has 7 nitrogen and oxygen atoms in total. The molecule has 0 saturated carbocycles. The van der Waals surface area contributed by atoms with Crippen molar-refractivity contribution in [1.82, 2.24) is 25.0 Å². The minimum atomic E-state index is -0.220. The van der Waals surface area contributed by atoms with Crippen LogP contribution in [0.1, 0.15) is 0 Å². The lowest BCUT2D eigenvalue weighted by atomic mass is 10.3. The van der Waals surface area contributed by atoms with Crippen LogP contribution in [0.2, 0.25) is 15.1 Å². The highest BCUT2D eigenvalue weighted by molar-refractivity contribution is 8.00. The SMILES string of the molecule is O=C(CSc1ncnc2c1nnn2-c1cccc(Cl)c1)Nc1ccc(Cl)c(Cl)c1. The number of fused-ring (bicyclic) bond motifs is 1. The van der Waals surface area contributed by atoms with Crippen LogP contribution in [0.25, 0.3) is 16.9 Å². The average molecular weight is 466 g/mol. The molecule has 146 valence electrons. The molecule has 11 heteroatoms. The molecule has 0 saturated heterocycles. The number of nitrogens with zero attached hydrogens (tertiary/aromatic N) is 5. The molecule has 4 rings (SSSR count). The first-order valence-corrected chi connectivity index (χ1v) is 10.3. The summed E-state index contributed by atoms with van der Waals surface area (Å²) in [4.78, 5) is 20.8. The number of benzene rings is 2. The Labute approximate surface area is 184 Å². The number of anilines is 1. The smallest absolute Gasteiger partial charge is 0.234 e. The third kappa shape index (κ3) is 4.45. The number of carbonyl (C=O) groups is 1. The molecule has 0 atom stereocenters. The maximum atomic E-state index is 12.3. The summed E-state index contributed by atoms with van der Waals surface area (Å²) in [5, 5.41) is 13.0. The van der Waals surface area contributed by atoms with E-state index < -0.39 is 0 Å². The first-order chi connectivity index (χ1) is 14.0. The highest BCUT2D eigenvalue weighted by Gasteiger charge is 2.15. The largest absolute Gasteiger partial charge is 0.325 e. The second-order valence-electron chi connectivity index (χ2n) is 5.80. The molecule has 0 aliphatic carbocycles. The van der Waals surface area contributed by atoms with E-state index in [4.69, 9.17) is 34.8 Å². The van der Waals surface area contributed by atoms with Gasteiger partial charge < -0.3 is 5.32 Å². The van der Waals surface area contributed by atoms with E-state index in [1.54, 1.807) is 35.0 Å². The van der Waals surface area contributed by atoms with E-state index in [0.29, 0.717) is 36.9 Å². The Morgan fingerprint density at radius 2 is 1.93 bits per heavy atom. The lowest BCUT2D eigenvalue weighted by molar-refractivity contribution is -0.113. The number of nitrogens with one attached hydrogen (secondary N) is 1. The quantitative estimate of drug-likeness (QED) is 0.333. The summed E-state index contributed by atoms with van der Waals surface area (Å²) in [5.41, 5.74) is 2.31. The van der Waals surface area contributed by atoms with Gasteiger partial charge in [0.2, 0.25) is 5.91 Å². The Morgan fingerprint density at radius 3 is 2.72 bits per heavy atom. The zero-order valence-electron chi connectivity index (χ0n) is 14.5. The number of thioether (sulfide) groups is 1. The molecule has 0 aliphatic rings. The highest BCUT2D eigenvalue weighted by atomic mass is 35.5. The fourth-order valence-electron chi connectivity index (χ4n) is 2.52. The summed E-state index contributed by atoms with van der Waals surface area (Å²) >= 11 is 19.1. The first-order valence-electron chi connectivity index (χ1n) is 8.21. The fourth-order valence-corrected chi connectivity index (χ4v) is 3.73. The molecule has 0 spiro atoms. The number of aromatic nitrogens is 5. The molecule has 0 radical (unpaired) electrons. The van der Waals surface area contributed by atoms with Gasteiger partial charge in [-0.2, -0.15) is 4.68 Å². The van der Waals surface area contributed by atoms with Crippen LogP contribution in [0.4, 0.5) is 5.69 Å². The summed E-state index contributed by atoms with van der Waals surface area (Å²) in [7, 11) is 0. The Kier molecular flexibility index (Phi) is 5.86. The minimum absolute atomic E-state index is 0.121. The molecule has 0 fully saturated rings. The van der Waals surface area contributed by atoms with Crippen molar-refractivity contribution in [3.8, 4) is 5.69 Å². The number of amides is 1. The van der Waals surface area contributed by atoms with Crippen LogP contribution in [0.5, 0.6) is 0 Å². The summed E-state index contributed by atoms with van der Waals surface area (Å²) < 4.78 is 1.57. The lowest BCUT2D eigenvalue weighted by Crippen LogP contribution is -2.14. The zero-order chi connectivity index (χ0) is 20.4. The predicted octanol–water partition coefficient (Wildman–Crippen LogP) is 4.90. The second-order valence-corrected chi connectivity index (χ2v) is 8.01. The van der Waals surface area contributed by atoms with Gasteiger partial charge in [0.25, 0.3) is 0 Å². The van der Waals surface area contributed by atoms with Gasteiger partial charge in [-0.15, -0.1) is 5.10 Å². The molecule has 4 aromatic rings. The Morgan fingerprint density at radius 1 is 1.07 bits per heavy atom. The van der Waals surface area contributed by atoms with Crippen LogP contribution >= 0.6 is 46.6 Å². The fraction of sp³-hybridized carbons (Fsp3) is 0.0556. The molecule has 1 N–H and O–H groups in total. The number of rotatable bonds is 5. The van der Waals surface area contributed by atoms with Crippen molar-refractivity contribution in [3.63, 3.8) is 0 Å². The van der Waals surface area contributed by atoms with Crippen molar-refractivity contribution in [3.05, 3.63) is 63.9 Å². The lowest BCUT2D eigenvalue weighted by Gasteiger charge is -2.06. The third-order valence-electron chi connectivity index (χ3n) is 3.80. The summed E-state index contributed by atoms with van der Waals surface area (Å²) in [6.45, 7) is 0. The normalized spacial score (nSPS) is 11.0. The standard InChI is InChI=1S/C18H11Cl3N6OS/c19-10-2-1-3-12(6-10)27-17-16(25-26-27)18(23-9-22-17)29-8-15(28)24-11-4-5-13(20)14(21)7-11/h1-7,9H,8H2,(H,24,28). The van der Waals surface area contributed by atoms with Crippen LogP contribution in [0.3, 0.4) is 0 Å². The van der Waals surface area contributed by atoms with E-state index in [1.165, 1.54) is 18.1 Å². The number of halogens is 3. The molecule has 2 aromatic heterocycles. The van der Waals surface area contributed by atoms with Crippen LogP contribution in [-0.4, -0.2) is 36.6 Å². The Hall–Kier alpha value is -2.39. The Bertz CT molecular complexity index is 1220. The molecule has 2 aromatic carbocycles. The minimum Gasteiger partial charge on any atom is -0.325 e. The van der Waals surface area contributed by atoms with E-state index in [2.05, 4.69) is 25.6 Å². The van der Waals surface area contributed by atoms with Gasteiger partial charge in [0.05, 0.1) is 21.5 Å². The highest BCUT2D eigenvalue weighted by Crippen LogP contribution is 2.27. The predicted molar refractivity (Wildman–Crippen MR) is 115 cm³/mol. The number of hydrogen-bond acceptors (Lipinski definition) is 6. The van der Waals surface area contributed by atoms with Crippen LogP contribution < -0.4 is 5.32 Å². The monoisotopic (exact) mass is 464 g/mol. The number of hydrogen-bond donors (Lipinski definition) is 1. The Balaban J connectivity index is 1.51. The van der Waals surface area contributed by atoms with Gasteiger partial charge in [0.1, 0.15) is 11.4 Å². The van der Waals surface area contributed by atoms with Crippen molar-refractivity contribution < 1.29 is 4.79 Å². The van der Waals surface area contributed by atoms with Crippen molar-refractivity contribution in [2.45, 2.75) is 5.03 Å². The van der Waals surface area contributed by atoms with Crippen LogP contribution in [0.15, 0.2) is 53.8 Å². The van der Waals surface area contributed by atoms with Crippen molar-refractivity contribution in [1.29, 1.82) is 0 Å². The van der Waals surface area contributed by atoms with Crippen molar-refractivity contribution in [2.75, 3.05) is 11.1 Å². The van der Waals surface area contributed by atoms with Gasteiger partial charge >= 0.3 is 0 Å². The molecular weight excluding hydrogens is 455 g/mol. The average Bonchev–Trinajstić information content (AvgIpc) is 3.14. The number of carbonyl (C=O) groups excluding carboxylic acids is 1. The van der Waals surface area contributed by atoms with E-state index >= 15 is 0 Å². The van der Waals surface area contributed by atoms with Gasteiger partial charge in [-0.3, -0.25) is 4.79 Å². The summed E-state index contributed by atoms with van der Waals surface area (Å²) in [6, 6.07) is 12.1. The maximum absolute atomic E-state index is 12.3. The molecule has 0 aliphatic heterocycles. The topological polar surface area (TPSA) is 85.6 Å². The van der Waals surface area contributed by atoms with E-state index in [0.717, 1.165) is 5.69 Å². The molecule has 0 bridgehead atoms. The van der Waals surface area contributed by atoms with Crippen molar-refractivity contribution >= 4 is 69.3 Å². The molecular formula is C18H11Cl3N6OS. The first kappa shape index (κ1) is 19.9. The summed E-state index contributed by atoms with van der Waals surface area (Å²) in [5.74, 6) is -0.0986. The van der Waals surface area contributed by atoms with Crippen molar-refractivity contribution in [2.24, 2.45) is 0 Å². The van der Waals surface area contributed by atoms with E-state index in [9.17, 15) is 4.79 Å². The van der Waals surface area contributed by atoms with Gasteiger partial charge in [-0.05, 0) is 36.4 Å². The van der Waals surface area contributed by atoms with Gasteiger partial charge in [-0.25, -0.2) is 9.97 Å². The second kappa shape index (κ2) is 8.54. The summed E-state index contributed by atoms with van der Waals surface area (Å²) in [6.07, 6.45) is 1.41. The molecule has 1 amide bonds. The molecule has 0 unspecified atom stereocenters. The molecule has 29 heavy (non-hydrogen) atoms. The third-order valence-corrected chi connectivity index (χ3v) is 5.75. The molecule has 2 heterocycles. The van der Waals surface area contributed by atoms with E-state index in [-0.39, 0.29) is 11.7 Å². The maximum Gasteiger partial charge on any atom is 0.234 e. The van der Waals surface area contributed by atoms with Gasteiger partial charge in [-0.1, -0.05) is 57.8 Å². The zero-order valence-corrected chi connectivity index (χ0v) is 17.6. The van der Waals surface area contributed by atoms with Crippen LogP contribution in [0, 0.1) is 0 Å².